The maximum atomic E-state index is 8.99. The predicted octanol–water partition coefficient (Wildman–Crippen LogP) is 1.81. The van der Waals surface area contributed by atoms with E-state index in [9.17, 15) is 0 Å². The molecule has 0 radical (unpaired) electrons. The largest absolute Gasteiger partial charge is 0.392 e. The fourth-order valence-corrected chi connectivity index (χ4v) is 1.15. The van der Waals surface area contributed by atoms with Gasteiger partial charge in [-0.1, -0.05) is 23.7 Å². The molecule has 2 nitrogen and oxygen atoms in total. The topological polar surface area (TPSA) is 32.3 Å². The summed E-state index contributed by atoms with van der Waals surface area (Å²) in [7, 11) is 0. The minimum Gasteiger partial charge on any atom is -0.392 e. The second kappa shape index (κ2) is 5.22. The average Bonchev–Trinajstić information content (AvgIpc) is 2.08. The van der Waals surface area contributed by atoms with E-state index in [1.54, 1.807) is 6.92 Å². The summed E-state index contributed by atoms with van der Waals surface area (Å²) >= 11 is 5.74. The quantitative estimate of drug-likeness (QED) is 0.776. The molecule has 72 valence electrons. The first-order valence-electron chi connectivity index (χ1n) is 4.31. The Balaban J connectivity index is 2.33. The number of hydrogen-bond donors (Lipinski definition) is 2. The molecule has 0 bridgehead atoms. The molecule has 0 saturated heterocycles. The zero-order chi connectivity index (χ0) is 9.68. The Morgan fingerprint density at radius 1 is 1.38 bits per heavy atom. The highest BCUT2D eigenvalue weighted by Crippen LogP contribution is 2.08. The van der Waals surface area contributed by atoms with Crippen molar-refractivity contribution in [3.63, 3.8) is 0 Å². The van der Waals surface area contributed by atoms with Gasteiger partial charge in [0.2, 0.25) is 0 Å². The van der Waals surface area contributed by atoms with E-state index in [1.165, 1.54) is 5.56 Å². The van der Waals surface area contributed by atoms with Crippen LogP contribution in [-0.2, 0) is 6.54 Å². The maximum Gasteiger partial charge on any atom is 0.0636 e. The van der Waals surface area contributed by atoms with Crippen LogP contribution >= 0.6 is 11.6 Å². The number of aliphatic hydroxyl groups is 1. The fraction of sp³-hybridized carbons (Fsp3) is 0.400. The lowest BCUT2D eigenvalue weighted by Crippen LogP contribution is -2.23. The van der Waals surface area contributed by atoms with Crippen LogP contribution in [0.15, 0.2) is 24.3 Å². The first kappa shape index (κ1) is 10.5. The molecule has 1 aromatic carbocycles. The zero-order valence-electron chi connectivity index (χ0n) is 7.63. The molecular formula is C10H14ClNO. The Kier molecular flexibility index (Phi) is 4.22. The molecule has 13 heavy (non-hydrogen) atoms. The van der Waals surface area contributed by atoms with E-state index in [0.29, 0.717) is 6.54 Å². The van der Waals surface area contributed by atoms with Gasteiger partial charge in [-0.25, -0.2) is 0 Å². The lowest BCUT2D eigenvalue weighted by atomic mass is 10.2. The van der Waals surface area contributed by atoms with Crippen LogP contribution in [0.25, 0.3) is 0 Å². The van der Waals surface area contributed by atoms with Gasteiger partial charge in [0.1, 0.15) is 0 Å². The highest BCUT2D eigenvalue weighted by Gasteiger charge is 1.95. The van der Waals surface area contributed by atoms with Crippen molar-refractivity contribution in [3.8, 4) is 0 Å². The summed E-state index contributed by atoms with van der Waals surface area (Å²) in [4.78, 5) is 0. The summed E-state index contributed by atoms with van der Waals surface area (Å²) in [6.45, 7) is 3.14. The molecular weight excluding hydrogens is 186 g/mol. The Labute approximate surface area is 83.5 Å². The van der Waals surface area contributed by atoms with Gasteiger partial charge >= 0.3 is 0 Å². The van der Waals surface area contributed by atoms with E-state index >= 15 is 0 Å². The molecule has 0 aromatic heterocycles. The number of benzene rings is 1. The van der Waals surface area contributed by atoms with E-state index in [0.717, 1.165) is 11.6 Å². The van der Waals surface area contributed by atoms with Gasteiger partial charge in [0.05, 0.1) is 6.10 Å². The van der Waals surface area contributed by atoms with Gasteiger partial charge in [-0.15, -0.1) is 0 Å². The summed E-state index contributed by atoms with van der Waals surface area (Å²) in [5.41, 5.74) is 1.17. The third-order valence-electron chi connectivity index (χ3n) is 1.68. The molecule has 0 heterocycles. The average molecular weight is 200 g/mol. The molecule has 2 N–H and O–H groups in total. The molecule has 0 aliphatic heterocycles. The highest BCUT2D eigenvalue weighted by atomic mass is 35.5. The third-order valence-corrected chi connectivity index (χ3v) is 1.93. The number of rotatable bonds is 4. The van der Waals surface area contributed by atoms with Gasteiger partial charge in [0.25, 0.3) is 0 Å². The van der Waals surface area contributed by atoms with Gasteiger partial charge in [-0.2, -0.15) is 0 Å². The minimum absolute atomic E-state index is 0.299. The molecule has 1 atom stereocenters. The lowest BCUT2D eigenvalue weighted by molar-refractivity contribution is 0.191. The predicted molar refractivity (Wildman–Crippen MR) is 54.8 cm³/mol. The van der Waals surface area contributed by atoms with Crippen molar-refractivity contribution in [2.24, 2.45) is 0 Å². The van der Waals surface area contributed by atoms with Crippen molar-refractivity contribution in [1.29, 1.82) is 0 Å². The monoisotopic (exact) mass is 199 g/mol. The van der Waals surface area contributed by atoms with Crippen LogP contribution in [-0.4, -0.2) is 17.8 Å². The number of nitrogens with one attached hydrogen (secondary N) is 1. The normalized spacial score (nSPS) is 12.8. The molecule has 0 saturated carbocycles. The van der Waals surface area contributed by atoms with Crippen molar-refractivity contribution in [3.05, 3.63) is 34.9 Å². The van der Waals surface area contributed by atoms with E-state index in [2.05, 4.69) is 5.32 Å². The Morgan fingerprint density at radius 2 is 2.00 bits per heavy atom. The molecule has 0 aliphatic carbocycles. The summed E-state index contributed by atoms with van der Waals surface area (Å²) in [6.07, 6.45) is -0.299. The van der Waals surface area contributed by atoms with Crippen molar-refractivity contribution in [2.75, 3.05) is 6.54 Å². The van der Waals surface area contributed by atoms with Gasteiger partial charge in [-0.05, 0) is 24.6 Å². The van der Waals surface area contributed by atoms with Crippen LogP contribution in [0.2, 0.25) is 5.02 Å². The first-order valence-corrected chi connectivity index (χ1v) is 4.69. The summed E-state index contributed by atoms with van der Waals surface area (Å²) in [5, 5.41) is 12.9. The first-order chi connectivity index (χ1) is 6.18. The SMILES string of the molecule is CC(O)CNCc1ccc(Cl)cc1. The van der Waals surface area contributed by atoms with Crippen LogP contribution in [0.3, 0.4) is 0 Å². The Hall–Kier alpha value is -0.570. The number of halogens is 1. The molecule has 1 aromatic rings. The molecule has 0 spiro atoms. The molecule has 0 aliphatic rings. The standard InChI is InChI=1S/C10H14ClNO/c1-8(13)6-12-7-9-2-4-10(11)5-3-9/h2-5,8,12-13H,6-7H2,1H3. The molecule has 1 unspecified atom stereocenters. The van der Waals surface area contributed by atoms with Crippen LogP contribution < -0.4 is 5.32 Å². The van der Waals surface area contributed by atoms with Crippen LogP contribution in [0.4, 0.5) is 0 Å². The van der Waals surface area contributed by atoms with Crippen molar-refractivity contribution in [2.45, 2.75) is 19.6 Å². The second-order valence-electron chi connectivity index (χ2n) is 3.11. The van der Waals surface area contributed by atoms with E-state index in [1.807, 2.05) is 24.3 Å². The highest BCUT2D eigenvalue weighted by molar-refractivity contribution is 6.30. The summed E-state index contributed by atoms with van der Waals surface area (Å²) in [6, 6.07) is 7.66. The summed E-state index contributed by atoms with van der Waals surface area (Å²) < 4.78 is 0. The van der Waals surface area contributed by atoms with E-state index in [-0.39, 0.29) is 6.10 Å². The van der Waals surface area contributed by atoms with Crippen LogP contribution in [0, 0.1) is 0 Å². The van der Waals surface area contributed by atoms with Crippen molar-refractivity contribution in [1.82, 2.24) is 5.32 Å². The van der Waals surface area contributed by atoms with Crippen LogP contribution in [0.1, 0.15) is 12.5 Å². The van der Waals surface area contributed by atoms with E-state index in [4.69, 9.17) is 16.7 Å². The summed E-state index contributed by atoms with van der Waals surface area (Å²) in [5.74, 6) is 0. The van der Waals surface area contributed by atoms with Gasteiger partial charge in [0, 0.05) is 18.1 Å². The Bertz CT molecular complexity index is 246. The van der Waals surface area contributed by atoms with Gasteiger partial charge < -0.3 is 10.4 Å². The smallest absolute Gasteiger partial charge is 0.0636 e. The lowest BCUT2D eigenvalue weighted by Gasteiger charge is -2.06. The molecule has 1 rings (SSSR count). The zero-order valence-corrected chi connectivity index (χ0v) is 8.38. The van der Waals surface area contributed by atoms with Crippen LogP contribution in [0.5, 0.6) is 0 Å². The number of hydrogen-bond acceptors (Lipinski definition) is 2. The van der Waals surface area contributed by atoms with E-state index < -0.39 is 0 Å². The maximum absolute atomic E-state index is 8.99. The second-order valence-corrected chi connectivity index (χ2v) is 3.54. The Morgan fingerprint density at radius 3 is 2.54 bits per heavy atom. The molecule has 3 heteroatoms. The van der Waals surface area contributed by atoms with Crippen molar-refractivity contribution >= 4 is 11.6 Å². The molecule has 0 fully saturated rings. The molecule has 0 amide bonds. The van der Waals surface area contributed by atoms with Gasteiger partial charge in [-0.3, -0.25) is 0 Å². The third kappa shape index (κ3) is 4.27. The van der Waals surface area contributed by atoms with Crippen molar-refractivity contribution < 1.29 is 5.11 Å². The fourth-order valence-electron chi connectivity index (χ4n) is 1.03. The number of aliphatic hydroxyl groups excluding tert-OH is 1. The minimum atomic E-state index is -0.299. The van der Waals surface area contributed by atoms with Gasteiger partial charge in [0.15, 0.2) is 0 Å².